The van der Waals surface area contributed by atoms with Gasteiger partial charge in [-0.05, 0) is 51.4 Å². The van der Waals surface area contributed by atoms with Crippen LogP contribution in [-0.2, 0) is 9.59 Å². The van der Waals surface area contributed by atoms with Crippen molar-refractivity contribution in [3.05, 3.63) is 24.3 Å². The van der Waals surface area contributed by atoms with Crippen LogP contribution in [0.5, 0.6) is 5.75 Å². The quantitative estimate of drug-likeness (QED) is 0.375. The molecular weight excluding hydrogens is 500 g/mol. The van der Waals surface area contributed by atoms with Gasteiger partial charge in [-0.1, -0.05) is 12.5 Å². The van der Waals surface area contributed by atoms with Gasteiger partial charge in [-0.2, -0.15) is 5.26 Å². The van der Waals surface area contributed by atoms with Crippen molar-refractivity contribution in [1.82, 2.24) is 15.1 Å². The smallest absolute Gasteiger partial charge is 0.255 e. The van der Waals surface area contributed by atoms with Gasteiger partial charge in [0, 0.05) is 37.8 Å². The van der Waals surface area contributed by atoms with Crippen LogP contribution < -0.4 is 15.4 Å². The summed E-state index contributed by atoms with van der Waals surface area (Å²) in [7, 11) is 0. The number of nitrogens with one attached hydrogen (secondary N) is 2. The predicted octanol–water partition coefficient (Wildman–Crippen LogP) is 3.55. The van der Waals surface area contributed by atoms with Gasteiger partial charge in [0.1, 0.15) is 18.3 Å². The molecule has 37 heavy (non-hydrogen) atoms. The molecular formula is C26H37F2N5O3S. The molecule has 2 N–H and O–H groups in total. The predicted molar refractivity (Wildman–Crippen MR) is 141 cm³/mol. The molecule has 2 saturated heterocycles. The van der Waals surface area contributed by atoms with Crippen molar-refractivity contribution < 1.29 is 23.1 Å². The molecule has 204 valence electrons. The number of alkyl halides is 2. The average molecular weight is 538 g/mol. The van der Waals surface area contributed by atoms with E-state index in [9.17, 15) is 23.6 Å². The molecule has 0 saturated carbocycles. The normalized spacial score (nSPS) is 21.1. The second-order valence-electron chi connectivity index (χ2n) is 9.25. The number of hydrogen-bond donors (Lipinski definition) is 2. The second-order valence-corrected chi connectivity index (χ2v) is 10.6. The lowest BCUT2D eigenvalue weighted by Crippen LogP contribution is -2.39. The fourth-order valence-electron chi connectivity index (χ4n) is 4.62. The van der Waals surface area contributed by atoms with Gasteiger partial charge in [0.25, 0.3) is 6.43 Å². The summed E-state index contributed by atoms with van der Waals surface area (Å²) >= 11 is 1.43. The van der Waals surface area contributed by atoms with Crippen molar-refractivity contribution in [2.75, 3.05) is 51.2 Å². The SMILES string of the molecule is CCN1C(=O)C(CCNc2cccc(OCCN3CCCCC3)c2)SC1CC(C#N)C(=O)NCC(F)F. The number of amides is 2. The molecule has 3 rings (SSSR count). The van der Waals surface area contributed by atoms with Gasteiger partial charge in [0.2, 0.25) is 11.8 Å². The van der Waals surface area contributed by atoms with Crippen LogP contribution in [0.15, 0.2) is 24.3 Å². The standard InChI is InChI=1S/C26H37F2N5O3S/c1-2-33-24(15-19(17-29)25(34)31-18-23(27)28)37-22(26(33)35)9-10-30-20-7-6-8-21(16-20)36-14-13-32-11-4-3-5-12-32/h6-8,16,19,22-24,30H,2-5,9-15,18H2,1H3,(H,31,34). The minimum atomic E-state index is -2.68. The first-order valence-electron chi connectivity index (χ1n) is 13.0. The number of ether oxygens (including phenoxy) is 1. The minimum absolute atomic E-state index is 0.0289. The monoisotopic (exact) mass is 537 g/mol. The van der Waals surface area contributed by atoms with Crippen molar-refractivity contribution in [3.63, 3.8) is 0 Å². The number of benzene rings is 1. The maximum Gasteiger partial charge on any atom is 0.255 e. The molecule has 3 atom stereocenters. The minimum Gasteiger partial charge on any atom is -0.492 e. The number of hydrogen-bond acceptors (Lipinski definition) is 7. The summed E-state index contributed by atoms with van der Waals surface area (Å²) in [6.07, 6.45) is 1.83. The van der Waals surface area contributed by atoms with Gasteiger partial charge in [-0.25, -0.2) is 8.78 Å². The third-order valence-corrected chi connectivity index (χ3v) is 8.13. The molecule has 0 spiro atoms. The molecule has 2 fully saturated rings. The van der Waals surface area contributed by atoms with Crippen molar-refractivity contribution >= 4 is 29.3 Å². The zero-order valence-corrected chi connectivity index (χ0v) is 22.2. The maximum atomic E-state index is 12.9. The highest BCUT2D eigenvalue weighted by Gasteiger charge is 2.40. The Morgan fingerprint density at radius 3 is 2.78 bits per heavy atom. The van der Waals surface area contributed by atoms with Gasteiger partial charge in [0.15, 0.2) is 0 Å². The van der Waals surface area contributed by atoms with Crippen LogP contribution in [0.25, 0.3) is 0 Å². The summed E-state index contributed by atoms with van der Waals surface area (Å²) in [6.45, 7) is 5.94. The summed E-state index contributed by atoms with van der Waals surface area (Å²) < 4.78 is 30.8. The first kappa shape index (κ1) is 29.0. The molecule has 3 unspecified atom stereocenters. The summed E-state index contributed by atoms with van der Waals surface area (Å²) in [4.78, 5) is 29.1. The van der Waals surface area contributed by atoms with E-state index in [2.05, 4.69) is 15.5 Å². The van der Waals surface area contributed by atoms with Crippen LogP contribution in [0.4, 0.5) is 14.5 Å². The fraction of sp³-hybridized carbons (Fsp3) is 0.654. The molecule has 2 heterocycles. The zero-order valence-electron chi connectivity index (χ0n) is 21.3. The Morgan fingerprint density at radius 2 is 2.08 bits per heavy atom. The van der Waals surface area contributed by atoms with Crippen LogP contribution >= 0.6 is 11.8 Å². The lowest BCUT2D eigenvalue weighted by Gasteiger charge is -2.26. The number of likely N-dealkylation sites (tertiary alicyclic amines) is 1. The lowest BCUT2D eigenvalue weighted by atomic mass is 10.1. The van der Waals surface area contributed by atoms with E-state index in [0.717, 1.165) is 31.1 Å². The van der Waals surface area contributed by atoms with E-state index in [1.807, 2.05) is 37.3 Å². The Kier molecular flexibility index (Phi) is 11.7. The molecule has 2 aliphatic rings. The van der Waals surface area contributed by atoms with Crippen molar-refractivity contribution in [1.29, 1.82) is 5.26 Å². The number of piperidine rings is 1. The molecule has 2 aliphatic heterocycles. The van der Waals surface area contributed by atoms with Gasteiger partial charge in [0.05, 0.1) is 23.2 Å². The van der Waals surface area contributed by atoms with Crippen molar-refractivity contribution in [2.24, 2.45) is 5.92 Å². The lowest BCUT2D eigenvalue weighted by molar-refractivity contribution is -0.131. The average Bonchev–Trinajstić information content (AvgIpc) is 3.20. The van der Waals surface area contributed by atoms with E-state index in [0.29, 0.717) is 26.1 Å². The first-order chi connectivity index (χ1) is 17.9. The molecule has 0 aromatic heterocycles. The third kappa shape index (κ3) is 9.04. The number of anilines is 1. The van der Waals surface area contributed by atoms with Crippen LogP contribution in [0.3, 0.4) is 0 Å². The number of rotatable bonds is 14. The number of nitriles is 1. The van der Waals surface area contributed by atoms with Gasteiger partial charge >= 0.3 is 0 Å². The molecule has 1 aromatic rings. The van der Waals surface area contributed by atoms with Gasteiger partial charge in [-0.15, -0.1) is 11.8 Å². The molecule has 11 heteroatoms. The Balaban J connectivity index is 1.45. The summed E-state index contributed by atoms with van der Waals surface area (Å²) in [5.74, 6) is -1.04. The number of thioether (sulfide) groups is 1. The fourth-order valence-corrected chi connectivity index (χ4v) is 6.21. The van der Waals surface area contributed by atoms with E-state index in [-0.39, 0.29) is 23.0 Å². The van der Waals surface area contributed by atoms with Crippen LogP contribution in [0.2, 0.25) is 0 Å². The number of carbonyl (C=O) groups is 2. The Bertz CT molecular complexity index is 926. The highest BCUT2D eigenvalue weighted by Crippen LogP contribution is 2.37. The maximum absolute atomic E-state index is 12.9. The van der Waals surface area contributed by atoms with Crippen LogP contribution in [0, 0.1) is 17.2 Å². The van der Waals surface area contributed by atoms with E-state index in [4.69, 9.17) is 4.74 Å². The highest BCUT2D eigenvalue weighted by atomic mass is 32.2. The van der Waals surface area contributed by atoms with E-state index in [1.165, 1.54) is 31.0 Å². The van der Waals surface area contributed by atoms with Gasteiger partial charge < -0.3 is 20.3 Å². The number of halogens is 2. The topological polar surface area (TPSA) is 97.7 Å². The third-order valence-electron chi connectivity index (χ3n) is 6.60. The second kappa shape index (κ2) is 15.0. The van der Waals surface area contributed by atoms with E-state index in [1.54, 1.807) is 4.90 Å². The molecule has 0 radical (unpaired) electrons. The Morgan fingerprint density at radius 1 is 1.30 bits per heavy atom. The zero-order chi connectivity index (χ0) is 26.6. The Hall–Kier alpha value is -2.58. The van der Waals surface area contributed by atoms with Crippen LogP contribution in [-0.4, -0.2) is 84.5 Å². The first-order valence-corrected chi connectivity index (χ1v) is 14.0. The highest BCUT2D eigenvalue weighted by molar-refractivity contribution is 8.01. The number of nitrogens with zero attached hydrogens (tertiary/aromatic N) is 3. The molecule has 8 nitrogen and oxygen atoms in total. The molecule has 1 aromatic carbocycles. The van der Waals surface area contributed by atoms with E-state index < -0.39 is 24.8 Å². The molecule has 2 amide bonds. The van der Waals surface area contributed by atoms with Crippen molar-refractivity contribution in [2.45, 2.75) is 56.1 Å². The largest absolute Gasteiger partial charge is 0.492 e. The summed E-state index contributed by atoms with van der Waals surface area (Å²) in [5.41, 5.74) is 0.912. The van der Waals surface area contributed by atoms with E-state index >= 15 is 0 Å². The summed E-state index contributed by atoms with van der Waals surface area (Å²) in [5, 5.41) is 14.2. The Labute approximate surface area is 222 Å². The van der Waals surface area contributed by atoms with Crippen LogP contribution in [0.1, 0.15) is 39.0 Å². The van der Waals surface area contributed by atoms with Crippen molar-refractivity contribution in [3.8, 4) is 11.8 Å². The summed E-state index contributed by atoms with van der Waals surface area (Å²) in [6, 6.07) is 9.68. The number of carbonyl (C=O) groups excluding carboxylic acids is 2. The molecule has 0 aliphatic carbocycles. The van der Waals surface area contributed by atoms with Gasteiger partial charge in [-0.3, -0.25) is 14.5 Å². The molecule has 0 bridgehead atoms.